The first-order valence-electron chi connectivity index (χ1n) is 17.8. The van der Waals surface area contributed by atoms with Crippen molar-refractivity contribution in [2.45, 2.75) is 159 Å². The topological polar surface area (TPSA) is 114 Å². The lowest BCUT2D eigenvalue weighted by molar-refractivity contribution is -0.282. The molecule has 4 aliphatic carbocycles. The van der Waals surface area contributed by atoms with Gasteiger partial charge in [-0.15, -0.1) is 0 Å². The molecular formula is C39H51NO7. The molecule has 0 radical (unpaired) electrons. The Bertz CT molecular complexity index is 1780. The molecule has 1 unspecified atom stereocenters. The second-order valence-electron chi connectivity index (χ2n) is 18.2. The Morgan fingerprint density at radius 3 is 2.51 bits per heavy atom. The van der Waals surface area contributed by atoms with Crippen LogP contribution in [0.3, 0.4) is 0 Å². The molecule has 3 aliphatic heterocycles. The summed E-state index contributed by atoms with van der Waals surface area (Å²) < 4.78 is 25.6. The van der Waals surface area contributed by atoms with Crippen molar-refractivity contribution in [1.82, 2.24) is 4.98 Å². The fourth-order valence-electron chi connectivity index (χ4n) is 12.3. The summed E-state index contributed by atoms with van der Waals surface area (Å²) >= 11 is 0. The maximum absolute atomic E-state index is 13.2. The zero-order valence-electron chi connectivity index (χ0n) is 29.4. The van der Waals surface area contributed by atoms with E-state index in [4.69, 9.17) is 18.9 Å². The number of nitrogens with one attached hydrogen (secondary N) is 1. The van der Waals surface area contributed by atoms with Crippen molar-refractivity contribution in [3.63, 3.8) is 0 Å². The van der Waals surface area contributed by atoms with E-state index in [0.29, 0.717) is 24.7 Å². The fraction of sp³-hybridized carbons (Fsp3) is 0.718. The number of epoxide rings is 1. The van der Waals surface area contributed by atoms with Crippen LogP contribution in [0.1, 0.15) is 110 Å². The molecule has 7 aliphatic rings. The van der Waals surface area contributed by atoms with Crippen LogP contribution in [0.25, 0.3) is 16.5 Å². The third kappa shape index (κ3) is 3.55. The Labute approximate surface area is 277 Å². The van der Waals surface area contributed by atoms with Gasteiger partial charge < -0.3 is 34.1 Å². The van der Waals surface area contributed by atoms with Gasteiger partial charge in [-0.3, -0.25) is 4.79 Å². The van der Waals surface area contributed by atoms with E-state index >= 15 is 0 Å². The first-order chi connectivity index (χ1) is 21.8. The van der Waals surface area contributed by atoms with Crippen molar-refractivity contribution in [2.24, 2.45) is 17.3 Å². The number of aromatic nitrogens is 1. The van der Waals surface area contributed by atoms with Gasteiger partial charge >= 0.3 is 5.97 Å². The van der Waals surface area contributed by atoms with E-state index in [1.54, 1.807) is 13.8 Å². The number of hydrogen-bond acceptors (Lipinski definition) is 7. The van der Waals surface area contributed by atoms with E-state index in [2.05, 4.69) is 64.7 Å². The molecule has 254 valence electrons. The van der Waals surface area contributed by atoms with Crippen molar-refractivity contribution in [3.05, 3.63) is 40.6 Å². The number of ether oxygens (including phenoxy) is 4. The minimum Gasteiger partial charge on any atom is -0.457 e. The highest BCUT2D eigenvalue weighted by atomic mass is 16.7. The summed E-state index contributed by atoms with van der Waals surface area (Å²) in [6, 6.07) is 4.83. The first-order valence-corrected chi connectivity index (χ1v) is 17.8. The average molecular weight is 646 g/mol. The molecule has 0 amide bonds. The van der Waals surface area contributed by atoms with Gasteiger partial charge in [-0.25, -0.2) is 0 Å². The van der Waals surface area contributed by atoms with E-state index in [-0.39, 0.29) is 16.6 Å². The molecule has 8 nitrogen and oxygen atoms in total. The highest BCUT2D eigenvalue weighted by molar-refractivity contribution is 5.92. The zero-order chi connectivity index (χ0) is 33.5. The molecular weight excluding hydrogens is 594 g/mol. The van der Waals surface area contributed by atoms with Crippen molar-refractivity contribution in [1.29, 1.82) is 0 Å². The molecule has 3 N–H and O–H groups in total. The van der Waals surface area contributed by atoms with Gasteiger partial charge in [0.2, 0.25) is 0 Å². The Hall–Kier alpha value is -2.23. The van der Waals surface area contributed by atoms with Crippen LogP contribution in [0.5, 0.6) is 0 Å². The smallest absolute Gasteiger partial charge is 0.303 e. The molecule has 4 fully saturated rings. The Morgan fingerprint density at radius 1 is 1.06 bits per heavy atom. The third-order valence-corrected chi connectivity index (χ3v) is 14.4. The van der Waals surface area contributed by atoms with Crippen LogP contribution in [0.15, 0.2) is 18.2 Å². The molecule has 1 aromatic heterocycles. The van der Waals surface area contributed by atoms with Gasteiger partial charge in [-0.1, -0.05) is 13.8 Å². The number of fused-ring (bicyclic) bond motifs is 10. The summed E-state index contributed by atoms with van der Waals surface area (Å²) in [5.74, 6) is 0.274. The molecule has 2 saturated carbocycles. The fourth-order valence-corrected chi connectivity index (χ4v) is 12.3. The maximum Gasteiger partial charge on any atom is 0.303 e. The second-order valence-corrected chi connectivity index (χ2v) is 18.2. The first kappa shape index (κ1) is 30.8. The monoisotopic (exact) mass is 645 g/mol. The molecule has 47 heavy (non-hydrogen) atoms. The Balaban J connectivity index is 1.14. The molecule has 1 aromatic carbocycles. The molecule has 2 aromatic rings. The standard InChI is InChI=1S/C39H51NO7/c1-19(41)44-29-31(34(4,5)42)45-28-11-12-36(8)37(9)21(10-13-38(36,43)39(28)32(29)46-39)16-24-23-14-20-15-26-25(18-33(2,3)47-35(26,6)7)22(20)17-27(23)40-30(24)37/h14,17-18,21,26,28-29,31-32,40,42-43H,10-13,15-16H2,1-9H3/t21-,26-,28?,29-,31-,32+,36+,37+,38-,39-/m0/s1. The number of aliphatic hydroxyl groups is 2. The van der Waals surface area contributed by atoms with Gasteiger partial charge in [0.25, 0.3) is 0 Å². The van der Waals surface area contributed by atoms with E-state index < -0.39 is 52.6 Å². The number of aromatic amines is 1. The number of benzene rings is 1. The summed E-state index contributed by atoms with van der Waals surface area (Å²) in [6.07, 6.45) is 4.75. The number of carbonyl (C=O) groups excluding carboxylic acids is 1. The van der Waals surface area contributed by atoms with Crippen molar-refractivity contribution in [3.8, 4) is 0 Å². The number of esters is 1. The van der Waals surface area contributed by atoms with Crippen LogP contribution in [0.2, 0.25) is 0 Å². The number of hydrogen-bond donors (Lipinski definition) is 3. The lowest BCUT2D eigenvalue weighted by atomic mass is 9.40. The van der Waals surface area contributed by atoms with Crippen molar-refractivity contribution < 1.29 is 34.0 Å². The van der Waals surface area contributed by atoms with Gasteiger partial charge in [-0.2, -0.15) is 0 Å². The van der Waals surface area contributed by atoms with Crippen LogP contribution in [0.4, 0.5) is 0 Å². The van der Waals surface area contributed by atoms with Crippen molar-refractivity contribution >= 4 is 22.4 Å². The number of H-pyrrole nitrogens is 1. The van der Waals surface area contributed by atoms with Gasteiger partial charge in [0, 0.05) is 40.3 Å². The van der Waals surface area contributed by atoms with Crippen LogP contribution in [0, 0.1) is 17.3 Å². The molecule has 2 saturated heterocycles. The molecule has 0 bridgehead atoms. The van der Waals surface area contributed by atoms with Gasteiger partial charge in [0.05, 0.1) is 22.9 Å². The quantitative estimate of drug-likeness (QED) is 0.285. The predicted octanol–water partition coefficient (Wildman–Crippen LogP) is 5.67. The molecule has 1 spiro atoms. The van der Waals surface area contributed by atoms with Crippen LogP contribution in [-0.4, -0.2) is 73.6 Å². The molecule has 8 heteroatoms. The summed E-state index contributed by atoms with van der Waals surface area (Å²) in [7, 11) is 0. The molecule has 10 atom stereocenters. The van der Waals surface area contributed by atoms with Gasteiger partial charge in [0.1, 0.15) is 17.8 Å². The van der Waals surface area contributed by atoms with E-state index in [9.17, 15) is 15.0 Å². The van der Waals surface area contributed by atoms with Gasteiger partial charge in [-0.05, 0) is 126 Å². The SMILES string of the molecule is CC(=O)O[C@@H]1[C@H]2O[C@@]23C(CC[C@@]2(C)[C@@]3(O)CC[C@H]3Cc4c([nH]c5cc6c(cc45)C[C@H]4C6=CC(C)(C)OC4(C)C)[C@@]32C)O[C@@H]1C(C)(C)O. The normalized spacial score (nSPS) is 45.0. The Morgan fingerprint density at radius 2 is 1.81 bits per heavy atom. The number of carbonyl (C=O) groups is 1. The predicted molar refractivity (Wildman–Crippen MR) is 177 cm³/mol. The van der Waals surface area contributed by atoms with Crippen molar-refractivity contribution in [2.75, 3.05) is 0 Å². The second kappa shape index (κ2) is 8.73. The lowest BCUT2D eigenvalue weighted by Crippen LogP contribution is -2.76. The third-order valence-electron chi connectivity index (χ3n) is 14.4. The minimum atomic E-state index is -1.25. The molecule has 4 heterocycles. The van der Waals surface area contributed by atoms with Crippen LogP contribution >= 0.6 is 0 Å². The highest BCUT2D eigenvalue weighted by Crippen LogP contribution is 2.75. The minimum absolute atomic E-state index is 0.241. The number of rotatable bonds is 2. The summed E-state index contributed by atoms with van der Waals surface area (Å²) in [6.45, 7) is 18.2. The van der Waals surface area contributed by atoms with E-state index in [0.717, 1.165) is 25.7 Å². The van der Waals surface area contributed by atoms with E-state index in [1.807, 2.05) is 0 Å². The summed E-state index contributed by atoms with van der Waals surface area (Å²) in [5.41, 5.74) is 3.10. The zero-order valence-corrected chi connectivity index (χ0v) is 29.4. The van der Waals surface area contributed by atoms with E-state index in [1.165, 1.54) is 45.8 Å². The van der Waals surface area contributed by atoms with Gasteiger partial charge in [0.15, 0.2) is 11.7 Å². The summed E-state index contributed by atoms with van der Waals surface area (Å²) in [5, 5.41) is 25.6. The average Bonchev–Trinajstić information content (AvgIpc) is 3.35. The van der Waals surface area contributed by atoms with Crippen LogP contribution < -0.4 is 0 Å². The highest BCUT2D eigenvalue weighted by Gasteiger charge is 2.87. The maximum atomic E-state index is 13.2. The largest absolute Gasteiger partial charge is 0.457 e. The Kier molecular flexibility index (Phi) is 5.72. The lowest BCUT2D eigenvalue weighted by Gasteiger charge is -2.66. The van der Waals surface area contributed by atoms with Crippen LogP contribution in [-0.2, 0) is 42.0 Å². The summed E-state index contributed by atoms with van der Waals surface area (Å²) in [4.78, 5) is 16.3. The molecule has 9 rings (SSSR count).